The molecule has 1 aliphatic rings. The molecule has 162 valence electrons. The molecule has 0 bridgehead atoms. The van der Waals surface area contributed by atoms with Crippen molar-refractivity contribution < 1.29 is 26.4 Å². The van der Waals surface area contributed by atoms with Crippen LogP contribution in [-0.2, 0) is 16.2 Å². The Kier molecular flexibility index (Phi) is 6.40. The zero-order valence-electron chi connectivity index (χ0n) is 16.4. The molecule has 2 aromatic carbocycles. The maximum absolute atomic E-state index is 12.8. The van der Waals surface area contributed by atoms with E-state index in [0.29, 0.717) is 24.6 Å². The molecule has 0 heterocycles. The van der Waals surface area contributed by atoms with Gasteiger partial charge in [-0.05, 0) is 67.6 Å². The number of alkyl halides is 3. The van der Waals surface area contributed by atoms with E-state index in [1.165, 1.54) is 30.3 Å². The first-order valence-electron chi connectivity index (χ1n) is 9.69. The van der Waals surface area contributed by atoms with E-state index >= 15 is 0 Å². The van der Waals surface area contributed by atoms with Gasteiger partial charge in [0.2, 0.25) is 0 Å². The molecule has 0 aliphatic heterocycles. The molecule has 0 radical (unpaired) electrons. The highest BCUT2D eigenvalue weighted by molar-refractivity contribution is 7.92. The molecule has 1 aliphatic carbocycles. The van der Waals surface area contributed by atoms with Crippen molar-refractivity contribution in [3.8, 4) is 0 Å². The van der Waals surface area contributed by atoms with E-state index in [1.54, 1.807) is 4.90 Å². The number of nitrogens with zero attached hydrogens (tertiary/aromatic N) is 1. The molecule has 2 aromatic rings. The van der Waals surface area contributed by atoms with Crippen LogP contribution in [0.25, 0.3) is 0 Å². The number of hydrogen-bond donors (Lipinski definition) is 1. The lowest BCUT2D eigenvalue weighted by atomic mass is 10.2. The summed E-state index contributed by atoms with van der Waals surface area (Å²) in [4.78, 5) is 14.4. The van der Waals surface area contributed by atoms with E-state index in [-0.39, 0.29) is 16.5 Å². The molecule has 1 N–H and O–H groups in total. The molecule has 1 amide bonds. The van der Waals surface area contributed by atoms with Crippen LogP contribution in [0.5, 0.6) is 0 Å². The minimum Gasteiger partial charge on any atom is -0.338 e. The highest BCUT2D eigenvalue weighted by atomic mass is 32.2. The van der Waals surface area contributed by atoms with E-state index in [0.717, 1.165) is 37.5 Å². The number of anilines is 1. The van der Waals surface area contributed by atoms with Crippen molar-refractivity contribution in [1.29, 1.82) is 0 Å². The van der Waals surface area contributed by atoms with Crippen molar-refractivity contribution >= 4 is 21.6 Å². The third kappa shape index (κ3) is 5.53. The number of rotatable bonds is 8. The van der Waals surface area contributed by atoms with Crippen molar-refractivity contribution in [2.75, 3.05) is 17.8 Å². The summed E-state index contributed by atoms with van der Waals surface area (Å²) in [6.07, 6.45) is -1.52. The SMILES string of the molecule is CCCN(CC1CC1)C(=O)c1ccc(S(=O)(=O)Nc2cccc(C(F)(F)F)c2)cc1. The Morgan fingerprint density at radius 2 is 1.80 bits per heavy atom. The summed E-state index contributed by atoms with van der Waals surface area (Å²) in [5, 5.41) is 0. The largest absolute Gasteiger partial charge is 0.416 e. The van der Waals surface area contributed by atoms with Gasteiger partial charge in [-0.1, -0.05) is 13.0 Å². The highest BCUT2D eigenvalue weighted by Gasteiger charge is 2.31. The molecular formula is C21H23F3N2O3S. The summed E-state index contributed by atoms with van der Waals surface area (Å²) in [5.41, 5.74) is -0.763. The molecule has 1 saturated carbocycles. The fourth-order valence-electron chi connectivity index (χ4n) is 3.09. The Hall–Kier alpha value is -2.55. The zero-order chi connectivity index (χ0) is 21.9. The van der Waals surface area contributed by atoms with Crippen molar-refractivity contribution in [3.63, 3.8) is 0 Å². The molecule has 0 saturated heterocycles. The van der Waals surface area contributed by atoms with E-state index in [2.05, 4.69) is 4.72 Å². The van der Waals surface area contributed by atoms with Crippen LogP contribution in [0.4, 0.5) is 18.9 Å². The minimum atomic E-state index is -4.58. The van der Waals surface area contributed by atoms with Gasteiger partial charge in [-0.25, -0.2) is 8.42 Å². The fraction of sp³-hybridized carbons (Fsp3) is 0.381. The monoisotopic (exact) mass is 440 g/mol. The Morgan fingerprint density at radius 3 is 2.37 bits per heavy atom. The molecule has 30 heavy (non-hydrogen) atoms. The Morgan fingerprint density at radius 1 is 1.13 bits per heavy atom. The first-order valence-corrected chi connectivity index (χ1v) is 11.2. The van der Waals surface area contributed by atoms with Crippen molar-refractivity contribution in [2.24, 2.45) is 5.92 Å². The molecule has 1 fully saturated rings. The van der Waals surface area contributed by atoms with Crippen LogP contribution in [0.1, 0.15) is 42.1 Å². The summed E-state index contributed by atoms with van der Waals surface area (Å²) in [6, 6.07) is 9.39. The van der Waals surface area contributed by atoms with Crippen LogP contribution in [0.15, 0.2) is 53.4 Å². The van der Waals surface area contributed by atoms with Crippen LogP contribution >= 0.6 is 0 Å². The predicted octanol–water partition coefficient (Wildman–Crippen LogP) is 4.77. The average molecular weight is 440 g/mol. The number of halogens is 3. The fourth-order valence-corrected chi connectivity index (χ4v) is 4.14. The van der Waals surface area contributed by atoms with Crippen LogP contribution in [-0.4, -0.2) is 32.3 Å². The smallest absolute Gasteiger partial charge is 0.338 e. The number of carbonyl (C=O) groups excluding carboxylic acids is 1. The third-order valence-electron chi connectivity index (χ3n) is 4.81. The second-order valence-corrected chi connectivity index (χ2v) is 9.09. The number of amides is 1. The molecule has 0 spiro atoms. The Labute approximate surface area is 173 Å². The minimum absolute atomic E-state index is 0.138. The lowest BCUT2D eigenvalue weighted by molar-refractivity contribution is -0.137. The van der Waals surface area contributed by atoms with Crippen LogP contribution < -0.4 is 4.72 Å². The van der Waals surface area contributed by atoms with Gasteiger partial charge in [-0.3, -0.25) is 9.52 Å². The molecule has 0 aromatic heterocycles. The second-order valence-electron chi connectivity index (χ2n) is 7.40. The average Bonchev–Trinajstić information content (AvgIpc) is 3.50. The third-order valence-corrected chi connectivity index (χ3v) is 6.21. The van der Waals surface area contributed by atoms with Crippen LogP contribution in [0.3, 0.4) is 0 Å². The van der Waals surface area contributed by atoms with Gasteiger partial charge in [0.1, 0.15) is 0 Å². The first kappa shape index (κ1) is 22.1. The maximum atomic E-state index is 12.8. The van der Waals surface area contributed by atoms with Gasteiger partial charge in [0.05, 0.1) is 10.5 Å². The predicted molar refractivity (Wildman–Crippen MR) is 108 cm³/mol. The van der Waals surface area contributed by atoms with Gasteiger partial charge in [-0.15, -0.1) is 0 Å². The highest BCUT2D eigenvalue weighted by Crippen LogP contribution is 2.32. The van der Waals surface area contributed by atoms with Gasteiger partial charge in [0.15, 0.2) is 0 Å². The standard InChI is InChI=1S/C21H23F3N2O3S/c1-2-12-26(14-15-6-7-15)20(27)16-8-10-19(11-9-16)30(28,29)25-18-5-3-4-17(13-18)21(22,23)24/h3-5,8-11,13,15,25H,2,6-7,12,14H2,1H3. The summed E-state index contributed by atoms with van der Waals surface area (Å²) >= 11 is 0. The van der Waals surface area contributed by atoms with Crippen molar-refractivity contribution in [1.82, 2.24) is 4.90 Å². The van der Waals surface area contributed by atoms with Crippen molar-refractivity contribution in [3.05, 3.63) is 59.7 Å². The zero-order valence-corrected chi connectivity index (χ0v) is 17.3. The van der Waals surface area contributed by atoms with Gasteiger partial charge in [0.25, 0.3) is 15.9 Å². The molecule has 3 rings (SSSR count). The summed E-state index contributed by atoms with van der Waals surface area (Å²) < 4.78 is 65.7. The first-order chi connectivity index (χ1) is 14.1. The van der Waals surface area contributed by atoms with Gasteiger partial charge >= 0.3 is 6.18 Å². The van der Waals surface area contributed by atoms with Crippen LogP contribution in [0.2, 0.25) is 0 Å². The van der Waals surface area contributed by atoms with Crippen LogP contribution in [0, 0.1) is 5.92 Å². The lowest BCUT2D eigenvalue weighted by Gasteiger charge is -2.22. The molecule has 0 atom stereocenters. The van der Waals surface area contributed by atoms with Crippen molar-refractivity contribution in [2.45, 2.75) is 37.3 Å². The number of nitrogens with one attached hydrogen (secondary N) is 1. The second kappa shape index (κ2) is 8.67. The van der Waals surface area contributed by atoms with Gasteiger partial charge < -0.3 is 4.90 Å². The number of carbonyl (C=O) groups is 1. The summed E-state index contributed by atoms with van der Waals surface area (Å²) in [7, 11) is -4.10. The lowest BCUT2D eigenvalue weighted by Crippen LogP contribution is -2.33. The molecule has 0 unspecified atom stereocenters. The van der Waals surface area contributed by atoms with E-state index in [4.69, 9.17) is 0 Å². The summed E-state index contributed by atoms with van der Waals surface area (Å²) in [5.74, 6) is 0.385. The Balaban J connectivity index is 1.75. The Bertz CT molecular complexity index is 1000. The van der Waals surface area contributed by atoms with E-state index in [1.807, 2.05) is 6.92 Å². The number of sulfonamides is 1. The van der Waals surface area contributed by atoms with E-state index in [9.17, 15) is 26.4 Å². The summed E-state index contributed by atoms with van der Waals surface area (Å²) in [6.45, 7) is 3.32. The molecular weight excluding hydrogens is 417 g/mol. The number of hydrogen-bond acceptors (Lipinski definition) is 3. The van der Waals surface area contributed by atoms with Gasteiger partial charge in [0, 0.05) is 24.3 Å². The number of benzene rings is 2. The molecule has 9 heteroatoms. The maximum Gasteiger partial charge on any atom is 0.416 e. The topological polar surface area (TPSA) is 66.5 Å². The quantitative estimate of drug-likeness (QED) is 0.643. The van der Waals surface area contributed by atoms with Gasteiger partial charge in [-0.2, -0.15) is 13.2 Å². The normalized spacial score (nSPS) is 14.4. The van der Waals surface area contributed by atoms with E-state index < -0.39 is 21.8 Å². The molecule has 5 nitrogen and oxygen atoms in total.